The lowest BCUT2D eigenvalue weighted by Gasteiger charge is -2.21. The van der Waals surface area contributed by atoms with Crippen LogP contribution in [0, 0.1) is 0 Å². The van der Waals surface area contributed by atoms with Crippen LogP contribution in [0.3, 0.4) is 0 Å². The highest BCUT2D eigenvalue weighted by molar-refractivity contribution is 7.90. The van der Waals surface area contributed by atoms with Crippen LogP contribution in [-0.2, 0) is 14.8 Å². The van der Waals surface area contributed by atoms with Crippen molar-refractivity contribution in [2.24, 2.45) is 4.40 Å². The molecule has 1 amide bonds. The first kappa shape index (κ1) is 19.8. The van der Waals surface area contributed by atoms with Gasteiger partial charge in [0.05, 0.1) is 18.9 Å². The molecule has 0 spiro atoms. The fraction of sp³-hybridized carbons (Fsp3) is 0.190. The summed E-state index contributed by atoms with van der Waals surface area (Å²) in [7, 11) is -2.06. The topological polar surface area (TPSA) is 96.7 Å². The van der Waals surface area contributed by atoms with Crippen LogP contribution in [0.15, 0.2) is 76.5 Å². The van der Waals surface area contributed by atoms with Crippen LogP contribution >= 0.6 is 0 Å². The highest BCUT2D eigenvalue weighted by Crippen LogP contribution is 2.26. The normalized spacial score (nSPS) is 15.2. The van der Waals surface area contributed by atoms with Gasteiger partial charge in [0.1, 0.15) is 4.90 Å². The Morgan fingerprint density at radius 1 is 1.17 bits per heavy atom. The summed E-state index contributed by atoms with van der Waals surface area (Å²) in [6.07, 6.45) is 5.30. The van der Waals surface area contributed by atoms with Gasteiger partial charge in [-0.05, 0) is 36.8 Å². The van der Waals surface area contributed by atoms with Crippen molar-refractivity contribution in [3.05, 3.63) is 78.4 Å². The summed E-state index contributed by atoms with van der Waals surface area (Å²) in [5, 5.41) is 2.95. The molecule has 30 heavy (non-hydrogen) atoms. The molecule has 1 aromatic heterocycles. The van der Waals surface area contributed by atoms with Crippen LogP contribution in [0.5, 0.6) is 0 Å². The number of sulfonamides is 1. The Hall–Kier alpha value is -3.46. The predicted octanol–water partition coefficient (Wildman–Crippen LogP) is 2.13. The largest absolute Gasteiger partial charge is 0.349 e. The number of amidine groups is 1. The molecule has 4 rings (SSSR count). The molecule has 154 valence electrons. The summed E-state index contributed by atoms with van der Waals surface area (Å²) < 4.78 is 30.2. The Balaban J connectivity index is 1.41. The van der Waals surface area contributed by atoms with Gasteiger partial charge < -0.3 is 14.8 Å². The van der Waals surface area contributed by atoms with Crippen molar-refractivity contribution in [2.45, 2.75) is 17.9 Å². The number of aromatic nitrogens is 2. The summed E-state index contributed by atoms with van der Waals surface area (Å²) in [6, 6.07) is 14.2. The zero-order valence-corrected chi connectivity index (χ0v) is 17.4. The van der Waals surface area contributed by atoms with Crippen molar-refractivity contribution in [1.29, 1.82) is 0 Å². The van der Waals surface area contributed by atoms with Crippen LogP contribution in [-0.4, -0.2) is 48.2 Å². The van der Waals surface area contributed by atoms with Crippen LogP contribution in [0.1, 0.15) is 24.1 Å². The predicted molar refractivity (Wildman–Crippen MR) is 113 cm³/mol. The van der Waals surface area contributed by atoms with Gasteiger partial charge in [-0.3, -0.25) is 4.79 Å². The SMILES string of the molecule is C[C@H](NC(=O)CN(C)C1=NS(=O)(=O)c2ccccc21)c1ccc(-n2ccnc2)cc1. The number of hydrogen-bond donors (Lipinski definition) is 1. The number of imidazole rings is 1. The van der Waals surface area contributed by atoms with E-state index in [9.17, 15) is 13.2 Å². The number of nitrogens with zero attached hydrogens (tertiary/aromatic N) is 4. The lowest BCUT2D eigenvalue weighted by molar-refractivity contribution is -0.121. The summed E-state index contributed by atoms with van der Waals surface area (Å²) in [5.41, 5.74) is 2.45. The number of fused-ring (bicyclic) bond motifs is 1. The van der Waals surface area contributed by atoms with E-state index in [1.807, 2.05) is 42.0 Å². The van der Waals surface area contributed by atoms with Crippen LogP contribution in [0.2, 0.25) is 0 Å². The molecule has 1 atom stereocenters. The van der Waals surface area contributed by atoms with Crippen molar-refractivity contribution in [3.63, 3.8) is 0 Å². The number of nitrogens with one attached hydrogen (secondary N) is 1. The highest BCUT2D eigenvalue weighted by Gasteiger charge is 2.31. The molecular weight excluding hydrogens is 402 g/mol. The molecule has 1 aliphatic heterocycles. The van der Waals surface area contributed by atoms with E-state index < -0.39 is 10.0 Å². The molecule has 0 aliphatic carbocycles. The van der Waals surface area contributed by atoms with Crippen molar-refractivity contribution < 1.29 is 13.2 Å². The van der Waals surface area contributed by atoms with Gasteiger partial charge >= 0.3 is 0 Å². The van der Waals surface area contributed by atoms with Gasteiger partial charge in [0, 0.05) is 30.7 Å². The molecule has 0 fully saturated rings. The van der Waals surface area contributed by atoms with Gasteiger partial charge in [-0.15, -0.1) is 4.40 Å². The maximum absolute atomic E-state index is 12.6. The third-order valence-corrected chi connectivity index (χ3v) is 6.25. The molecule has 2 aromatic carbocycles. The second-order valence-corrected chi connectivity index (χ2v) is 8.67. The first-order valence-electron chi connectivity index (χ1n) is 9.38. The first-order valence-corrected chi connectivity index (χ1v) is 10.8. The zero-order chi connectivity index (χ0) is 21.3. The molecule has 3 aromatic rings. The van der Waals surface area contributed by atoms with E-state index >= 15 is 0 Å². The molecule has 0 bridgehead atoms. The van der Waals surface area contributed by atoms with Crippen LogP contribution in [0.25, 0.3) is 5.69 Å². The van der Waals surface area contributed by atoms with E-state index in [4.69, 9.17) is 0 Å². The van der Waals surface area contributed by atoms with Gasteiger partial charge in [0.15, 0.2) is 5.84 Å². The lowest BCUT2D eigenvalue weighted by atomic mass is 10.1. The Labute approximate surface area is 174 Å². The lowest BCUT2D eigenvalue weighted by Crippen LogP contribution is -2.39. The number of carbonyl (C=O) groups is 1. The van der Waals surface area contributed by atoms with Crippen molar-refractivity contribution in [2.75, 3.05) is 13.6 Å². The zero-order valence-electron chi connectivity index (χ0n) is 16.6. The minimum atomic E-state index is -3.72. The minimum absolute atomic E-state index is 0.0137. The Morgan fingerprint density at radius 3 is 2.60 bits per heavy atom. The van der Waals surface area contributed by atoms with E-state index in [1.54, 1.807) is 42.7 Å². The number of amides is 1. The molecule has 1 aliphatic rings. The van der Waals surface area contributed by atoms with E-state index in [0.29, 0.717) is 5.56 Å². The molecular formula is C21H21N5O3S. The molecule has 8 nitrogen and oxygen atoms in total. The van der Waals surface area contributed by atoms with Crippen molar-refractivity contribution in [3.8, 4) is 5.69 Å². The summed E-state index contributed by atoms with van der Waals surface area (Å²) in [5.74, 6) is 0.0475. The quantitative estimate of drug-likeness (QED) is 0.678. The molecule has 0 unspecified atom stereocenters. The second kappa shape index (κ2) is 7.75. The molecule has 0 radical (unpaired) electrons. The van der Waals surface area contributed by atoms with Crippen LogP contribution in [0.4, 0.5) is 0 Å². The number of benzene rings is 2. The second-order valence-electron chi connectivity index (χ2n) is 7.09. The van der Waals surface area contributed by atoms with E-state index in [0.717, 1.165) is 11.3 Å². The Bertz CT molecular complexity index is 1200. The highest BCUT2D eigenvalue weighted by atomic mass is 32.2. The monoisotopic (exact) mass is 423 g/mol. The van der Waals surface area contributed by atoms with Gasteiger partial charge in [0.25, 0.3) is 10.0 Å². The first-order chi connectivity index (χ1) is 14.3. The average Bonchev–Trinajstić information content (AvgIpc) is 3.35. The van der Waals surface area contributed by atoms with Crippen molar-refractivity contribution in [1.82, 2.24) is 19.8 Å². The standard InChI is InChI=1S/C21H21N5O3S/c1-15(16-7-9-17(10-8-16)26-12-11-22-14-26)23-20(27)13-25(2)21-18-5-3-4-6-19(18)30(28,29)24-21/h3-12,14-15H,13H2,1-2H3,(H,23,27)/t15-/m0/s1. The molecule has 9 heteroatoms. The molecule has 1 N–H and O–H groups in total. The van der Waals surface area contributed by atoms with Crippen molar-refractivity contribution >= 4 is 21.8 Å². The number of hydrogen-bond acceptors (Lipinski definition) is 5. The fourth-order valence-corrected chi connectivity index (χ4v) is 4.62. The van der Waals surface area contributed by atoms with E-state index in [1.165, 1.54) is 6.07 Å². The van der Waals surface area contributed by atoms with Gasteiger partial charge in [-0.2, -0.15) is 8.42 Å². The molecule has 0 saturated heterocycles. The minimum Gasteiger partial charge on any atom is -0.349 e. The summed E-state index contributed by atoms with van der Waals surface area (Å²) >= 11 is 0. The summed E-state index contributed by atoms with van der Waals surface area (Å²) in [6.45, 7) is 1.89. The Kier molecular flexibility index (Phi) is 5.13. The number of likely N-dealkylation sites (N-methyl/N-ethyl adjacent to an activating group) is 1. The van der Waals surface area contributed by atoms with Gasteiger partial charge in [0.2, 0.25) is 5.91 Å². The van der Waals surface area contributed by atoms with E-state index in [-0.39, 0.29) is 29.2 Å². The Morgan fingerprint density at radius 2 is 1.90 bits per heavy atom. The maximum Gasteiger partial charge on any atom is 0.285 e. The average molecular weight is 423 g/mol. The van der Waals surface area contributed by atoms with Gasteiger partial charge in [-0.1, -0.05) is 24.3 Å². The summed E-state index contributed by atoms with van der Waals surface area (Å²) in [4.78, 5) is 18.3. The smallest absolute Gasteiger partial charge is 0.285 e. The number of carbonyl (C=O) groups excluding carboxylic acids is 1. The fourth-order valence-electron chi connectivity index (χ4n) is 3.37. The third kappa shape index (κ3) is 3.84. The maximum atomic E-state index is 12.6. The van der Waals surface area contributed by atoms with Gasteiger partial charge in [-0.25, -0.2) is 4.98 Å². The number of rotatable bonds is 5. The van der Waals surface area contributed by atoms with E-state index in [2.05, 4.69) is 14.7 Å². The third-order valence-electron chi connectivity index (χ3n) is 4.93. The molecule has 0 saturated carbocycles. The van der Waals surface area contributed by atoms with Crippen LogP contribution < -0.4 is 5.32 Å². The molecule has 2 heterocycles.